The van der Waals surface area contributed by atoms with Crippen LogP contribution in [0.5, 0.6) is 0 Å². The molecule has 0 saturated heterocycles. The van der Waals surface area contributed by atoms with Gasteiger partial charge in [-0.3, -0.25) is 0 Å². The molecule has 3 nitrogen and oxygen atoms in total. The van der Waals surface area contributed by atoms with E-state index in [1.54, 1.807) is 0 Å². The number of hydrogen-bond donors (Lipinski definition) is 2. The molecular weight excluding hydrogens is 396 g/mol. The second-order valence-corrected chi connectivity index (χ2v) is 13.6. The van der Waals surface area contributed by atoms with Crippen LogP contribution in [-0.2, 0) is 4.74 Å². The SMILES string of the molecule is CC[C@]1(O)CC[C@@]2(C)[C@@H](CC[C@@H]3[C@@H]2CC[C@]2(C)[C@@H]([C@@H](CCCC(C)(C)O)OC)CC[C@@H]32)C1. The molecule has 0 amide bonds. The topological polar surface area (TPSA) is 49.7 Å². The first kappa shape index (κ1) is 25.0. The van der Waals surface area contributed by atoms with Crippen LogP contribution in [0, 0.1) is 40.4 Å². The fourth-order valence-electron chi connectivity index (χ4n) is 9.51. The molecule has 0 aromatic carbocycles. The maximum atomic E-state index is 11.0. The van der Waals surface area contributed by atoms with Gasteiger partial charge in [-0.15, -0.1) is 0 Å². The standard InChI is InChI=1S/C29H52O3/c1-7-29(31)18-17-27(4)20(19-29)10-11-21-22-12-13-24(28(22,5)16-14-23(21)27)25(32-6)9-8-15-26(2,3)30/h20-25,30-31H,7-19H2,1-6H3/t20-,21-,22-,23-,24+,25+,27-,28-,29-/m0/s1. The van der Waals surface area contributed by atoms with E-state index in [9.17, 15) is 10.2 Å². The molecule has 0 heterocycles. The lowest BCUT2D eigenvalue weighted by Crippen LogP contribution is -2.56. The van der Waals surface area contributed by atoms with Crippen molar-refractivity contribution in [1.29, 1.82) is 0 Å². The van der Waals surface area contributed by atoms with Crippen LogP contribution in [-0.4, -0.2) is 34.6 Å². The highest BCUT2D eigenvalue weighted by Gasteiger charge is 2.61. The zero-order valence-corrected chi connectivity index (χ0v) is 22.0. The summed E-state index contributed by atoms with van der Waals surface area (Å²) < 4.78 is 6.13. The van der Waals surface area contributed by atoms with Gasteiger partial charge in [0.15, 0.2) is 0 Å². The Morgan fingerprint density at radius 3 is 2.34 bits per heavy atom. The zero-order valence-electron chi connectivity index (χ0n) is 22.0. The first-order valence-corrected chi connectivity index (χ1v) is 13.9. The molecule has 4 saturated carbocycles. The lowest BCUT2D eigenvalue weighted by molar-refractivity contribution is -0.156. The van der Waals surface area contributed by atoms with E-state index in [1.165, 1.54) is 44.9 Å². The molecule has 0 aromatic heterocycles. The summed E-state index contributed by atoms with van der Waals surface area (Å²) in [5, 5.41) is 21.2. The number of hydrogen-bond acceptors (Lipinski definition) is 3. The molecule has 4 rings (SSSR count). The molecule has 0 aromatic rings. The molecule has 0 aliphatic heterocycles. The molecule has 9 atom stereocenters. The third kappa shape index (κ3) is 4.33. The molecule has 32 heavy (non-hydrogen) atoms. The van der Waals surface area contributed by atoms with E-state index in [0.717, 1.165) is 62.2 Å². The van der Waals surface area contributed by atoms with Gasteiger partial charge in [0.2, 0.25) is 0 Å². The summed E-state index contributed by atoms with van der Waals surface area (Å²) in [7, 11) is 1.92. The third-order valence-electron chi connectivity index (χ3n) is 11.6. The molecular formula is C29H52O3. The summed E-state index contributed by atoms with van der Waals surface area (Å²) in [6.07, 6.45) is 15.7. The summed E-state index contributed by atoms with van der Waals surface area (Å²) in [5.74, 6) is 3.97. The Kier molecular flexibility index (Phi) is 6.89. The van der Waals surface area contributed by atoms with Gasteiger partial charge in [-0.2, -0.15) is 0 Å². The summed E-state index contributed by atoms with van der Waals surface area (Å²) in [6, 6.07) is 0. The summed E-state index contributed by atoms with van der Waals surface area (Å²) in [5.41, 5.74) is -0.111. The minimum Gasteiger partial charge on any atom is -0.390 e. The molecule has 0 unspecified atom stereocenters. The van der Waals surface area contributed by atoms with Gasteiger partial charge in [-0.05, 0) is 138 Å². The van der Waals surface area contributed by atoms with Crippen molar-refractivity contribution in [2.45, 2.75) is 135 Å². The van der Waals surface area contributed by atoms with Gasteiger partial charge in [-0.1, -0.05) is 20.8 Å². The Labute approximate surface area is 198 Å². The number of ether oxygens (including phenoxy) is 1. The highest BCUT2D eigenvalue weighted by molar-refractivity contribution is 5.11. The molecule has 4 aliphatic carbocycles. The Morgan fingerprint density at radius 1 is 0.969 bits per heavy atom. The van der Waals surface area contributed by atoms with Crippen molar-refractivity contribution in [1.82, 2.24) is 0 Å². The minimum atomic E-state index is -0.573. The third-order valence-corrected chi connectivity index (χ3v) is 11.6. The number of fused-ring (bicyclic) bond motifs is 5. The predicted octanol–water partition coefficient (Wildman–Crippen LogP) is 6.74. The van der Waals surface area contributed by atoms with Crippen LogP contribution in [0.3, 0.4) is 0 Å². The van der Waals surface area contributed by atoms with Gasteiger partial charge in [0.05, 0.1) is 17.3 Å². The van der Waals surface area contributed by atoms with Crippen LogP contribution < -0.4 is 0 Å². The fraction of sp³-hybridized carbons (Fsp3) is 1.00. The van der Waals surface area contributed by atoms with Crippen LogP contribution in [0.15, 0.2) is 0 Å². The van der Waals surface area contributed by atoms with Crippen molar-refractivity contribution in [3.05, 3.63) is 0 Å². The average molecular weight is 449 g/mol. The summed E-state index contributed by atoms with van der Waals surface area (Å²) >= 11 is 0. The first-order valence-electron chi connectivity index (χ1n) is 13.9. The van der Waals surface area contributed by atoms with Crippen LogP contribution in [0.1, 0.15) is 118 Å². The van der Waals surface area contributed by atoms with Crippen LogP contribution >= 0.6 is 0 Å². The minimum absolute atomic E-state index is 0.338. The second kappa shape index (κ2) is 8.83. The van der Waals surface area contributed by atoms with Gasteiger partial charge in [0.25, 0.3) is 0 Å². The maximum absolute atomic E-state index is 11.0. The van der Waals surface area contributed by atoms with Crippen LogP contribution in [0.2, 0.25) is 0 Å². The van der Waals surface area contributed by atoms with Crippen molar-refractivity contribution in [2.24, 2.45) is 40.4 Å². The quantitative estimate of drug-likeness (QED) is 0.453. The molecule has 2 N–H and O–H groups in total. The molecule has 0 bridgehead atoms. The van der Waals surface area contributed by atoms with Gasteiger partial charge >= 0.3 is 0 Å². The summed E-state index contributed by atoms with van der Waals surface area (Å²) in [4.78, 5) is 0. The Morgan fingerprint density at radius 2 is 1.69 bits per heavy atom. The van der Waals surface area contributed by atoms with Gasteiger partial charge in [-0.25, -0.2) is 0 Å². The first-order chi connectivity index (χ1) is 15.0. The predicted molar refractivity (Wildman–Crippen MR) is 131 cm³/mol. The Bertz CT molecular complexity index is 655. The van der Waals surface area contributed by atoms with E-state index < -0.39 is 11.2 Å². The highest BCUT2D eigenvalue weighted by atomic mass is 16.5. The van der Waals surface area contributed by atoms with E-state index in [2.05, 4.69) is 20.8 Å². The lowest BCUT2D eigenvalue weighted by Gasteiger charge is -2.62. The van der Waals surface area contributed by atoms with Crippen LogP contribution in [0.25, 0.3) is 0 Å². The van der Waals surface area contributed by atoms with Gasteiger partial charge < -0.3 is 14.9 Å². The van der Waals surface area contributed by atoms with Gasteiger partial charge in [0.1, 0.15) is 0 Å². The van der Waals surface area contributed by atoms with E-state index in [4.69, 9.17) is 4.74 Å². The maximum Gasteiger partial charge on any atom is 0.0648 e. The molecule has 186 valence electrons. The monoisotopic (exact) mass is 448 g/mol. The molecule has 0 spiro atoms. The second-order valence-electron chi connectivity index (χ2n) is 13.6. The Hall–Kier alpha value is -0.120. The summed E-state index contributed by atoms with van der Waals surface area (Å²) in [6.45, 7) is 11.2. The largest absolute Gasteiger partial charge is 0.390 e. The lowest BCUT2D eigenvalue weighted by atomic mass is 9.43. The van der Waals surface area contributed by atoms with E-state index in [-0.39, 0.29) is 0 Å². The van der Waals surface area contributed by atoms with E-state index in [0.29, 0.717) is 22.9 Å². The van der Waals surface area contributed by atoms with Crippen molar-refractivity contribution in [3.63, 3.8) is 0 Å². The van der Waals surface area contributed by atoms with Crippen molar-refractivity contribution >= 4 is 0 Å². The zero-order chi connectivity index (χ0) is 23.4. The highest BCUT2D eigenvalue weighted by Crippen LogP contribution is 2.68. The van der Waals surface area contributed by atoms with E-state index >= 15 is 0 Å². The molecule has 4 aliphatic rings. The molecule has 3 heteroatoms. The van der Waals surface area contributed by atoms with Gasteiger partial charge in [0, 0.05) is 7.11 Å². The average Bonchev–Trinajstić information content (AvgIpc) is 3.08. The van der Waals surface area contributed by atoms with E-state index in [1.807, 2.05) is 21.0 Å². The van der Waals surface area contributed by atoms with Crippen molar-refractivity contribution < 1.29 is 14.9 Å². The van der Waals surface area contributed by atoms with Crippen LogP contribution in [0.4, 0.5) is 0 Å². The fourth-order valence-corrected chi connectivity index (χ4v) is 9.51. The number of methoxy groups -OCH3 is 1. The molecule has 0 radical (unpaired) electrons. The van der Waals surface area contributed by atoms with Crippen molar-refractivity contribution in [3.8, 4) is 0 Å². The number of aliphatic hydroxyl groups is 2. The number of rotatable bonds is 7. The normalized spacial score (nSPS) is 47.4. The smallest absolute Gasteiger partial charge is 0.0648 e. The molecule has 4 fully saturated rings. The van der Waals surface area contributed by atoms with Crippen molar-refractivity contribution in [2.75, 3.05) is 7.11 Å². The Balaban J connectivity index is 1.47.